The first-order chi connectivity index (χ1) is 6.20. The number of nitrogens with one attached hydrogen (secondary N) is 1. The summed E-state index contributed by atoms with van der Waals surface area (Å²) in [5.74, 6) is -0.254. The summed E-state index contributed by atoms with van der Waals surface area (Å²) in [6.45, 7) is 2.82. The van der Waals surface area contributed by atoms with Gasteiger partial charge in [-0.05, 0) is 6.92 Å². The summed E-state index contributed by atoms with van der Waals surface area (Å²) in [6.07, 6.45) is 0.295. The minimum Gasteiger partial charge on any atom is -0.469 e. The van der Waals surface area contributed by atoms with Gasteiger partial charge in [0.2, 0.25) is 0 Å². The lowest BCUT2D eigenvalue weighted by Gasteiger charge is -2.11. The molecule has 0 aliphatic rings. The van der Waals surface area contributed by atoms with Gasteiger partial charge in [0.1, 0.15) is 0 Å². The zero-order chi connectivity index (χ0) is 10.1. The number of hydrogen-bond donors (Lipinski definition) is 1. The molecule has 0 aliphatic carbocycles. The topological polar surface area (TPSA) is 56.8 Å². The van der Waals surface area contributed by atoms with Crippen molar-refractivity contribution in [2.24, 2.45) is 0 Å². The molecule has 0 aromatic rings. The molecule has 0 radical (unpaired) electrons. The van der Waals surface area contributed by atoms with Crippen molar-refractivity contribution in [3.05, 3.63) is 0 Å². The minimum absolute atomic E-state index is 0.0516. The van der Waals surface area contributed by atoms with Gasteiger partial charge in [-0.15, -0.1) is 0 Å². The molecule has 0 saturated heterocycles. The fourth-order valence-corrected chi connectivity index (χ4v) is 0.701. The molecule has 0 heterocycles. The molecule has 0 bridgehead atoms. The summed E-state index contributed by atoms with van der Waals surface area (Å²) in [6, 6.07) is -0.0516. The number of ether oxygens (including phenoxy) is 2. The highest BCUT2D eigenvalue weighted by Crippen LogP contribution is 1.92. The van der Waals surface area contributed by atoms with E-state index >= 15 is 0 Å². The number of methoxy groups -OCH3 is 2. The molecule has 0 aromatic carbocycles. The SMILES string of the molecule is COCCONC(C)CC(=O)OC. The molecule has 0 fully saturated rings. The first-order valence-electron chi connectivity index (χ1n) is 4.13. The van der Waals surface area contributed by atoms with Crippen LogP contribution in [0.4, 0.5) is 0 Å². The quantitative estimate of drug-likeness (QED) is 0.351. The lowest BCUT2D eigenvalue weighted by atomic mass is 10.2. The molecule has 0 spiro atoms. The van der Waals surface area contributed by atoms with Gasteiger partial charge in [-0.2, -0.15) is 5.48 Å². The summed E-state index contributed by atoms with van der Waals surface area (Å²) in [5, 5.41) is 0. The highest BCUT2D eigenvalue weighted by molar-refractivity contribution is 5.69. The van der Waals surface area contributed by atoms with E-state index in [1.807, 2.05) is 6.92 Å². The predicted octanol–water partition coefficient (Wildman–Crippen LogP) is 0.106. The van der Waals surface area contributed by atoms with Crippen molar-refractivity contribution in [3.63, 3.8) is 0 Å². The van der Waals surface area contributed by atoms with Crippen LogP contribution in [0.15, 0.2) is 0 Å². The Hall–Kier alpha value is -0.650. The molecular weight excluding hydrogens is 174 g/mol. The van der Waals surface area contributed by atoms with Crippen LogP contribution < -0.4 is 5.48 Å². The van der Waals surface area contributed by atoms with E-state index < -0.39 is 0 Å². The van der Waals surface area contributed by atoms with E-state index in [1.165, 1.54) is 7.11 Å². The molecule has 1 atom stereocenters. The van der Waals surface area contributed by atoms with Gasteiger partial charge in [-0.25, -0.2) is 0 Å². The molecule has 1 unspecified atom stereocenters. The van der Waals surface area contributed by atoms with E-state index in [-0.39, 0.29) is 12.0 Å². The summed E-state index contributed by atoms with van der Waals surface area (Å²) < 4.78 is 9.26. The number of hydroxylamine groups is 1. The molecule has 0 rings (SSSR count). The van der Waals surface area contributed by atoms with Gasteiger partial charge in [0, 0.05) is 13.2 Å². The monoisotopic (exact) mass is 191 g/mol. The fourth-order valence-electron chi connectivity index (χ4n) is 0.701. The van der Waals surface area contributed by atoms with Crippen LogP contribution >= 0.6 is 0 Å². The zero-order valence-electron chi connectivity index (χ0n) is 8.33. The summed E-state index contributed by atoms with van der Waals surface area (Å²) in [4.78, 5) is 15.8. The maximum atomic E-state index is 10.8. The average molecular weight is 191 g/mol. The first-order valence-corrected chi connectivity index (χ1v) is 4.13. The van der Waals surface area contributed by atoms with E-state index in [9.17, 15) is 4.79 Å². The number of carbonyl (C=O) groups excluding carboxylic acids is 1. The number of carbonyl (C=O) groups is 1. The van der Waals surface area contributed by atoms with Crippen molar-refractivity contribution in [1.82, 2.24) is 5.48 Å². The minimum atomic E-state index is -0.254. The lowest BCUT2D eigenvalue weighted by Crippen LogP contribution is -2.30. The van der Waals surface area contributed by atoms with Gasteiger partial charge in [-0.1, -0.05) is 0 Å². The molecular formula is C8H17NO4. The van der Waals surface area contributed by atoms with Crippen LogP contribution in [-0.2, 0) is 19.1 Å². The Bertz CT molecular complexity index is 140. The van der Waals surface area contributed by atoms with E-state index in [0.29, 0.717) is 19.6 Å². The number of hydrogen-bond acceptors (Lipinski definition) is 5. The normalized spacial score (nSPS) is 12.5. The van der Waals surface area contributed by atoms with E-state index in [4.69, 9.17) is 9.57 Å². The molecule has 5 nitrogen and oxygen atoms in total. The van der Waals surface area contributed by atoms with Crippen molar-refractivity contribution in [2.45, 2.75) is 19.4 Å². The van der Waals surface area contributed by atoms with Gasteiger partial charge < -0.3 is 9.47 Å². The van der Waals surface area contributed by atoms with E-state index in [2.05, 4.69) is 10.2 Å². The van der Waals surface area contributed by atoms with Gasteiger partial charge in [0.25, 0.3) is 0 Å². The van der Waals surface area contributed by atoms with Gasteiger partial charge >= 0.3 is 5.97 Å². The van der Waals surface area contributed by atoms with Crippen molar-refractivity contribution in [3.8, 4) is 0 Å². The van der Waals surface area contributed by atoms with Gasteiger partial charge in [0.15, 0.2) is 0 Å². The Morgan fingerprint density at radius 1 is 1.38 bits per heavy atom. The van der Waals surface area contributed by atoms with Crippen LogP contribution in [0, 0.1) is 0 Å². The molecule has 5 heteroatoms. The van der Waals surface area contributed by atoms with Crippen molar-refractivity contribution < 1.29 is 19.1 Å². The van der Waals surface area contributed by atoms with Crippen molar-refractivity contribution >= 4 is 5.97 Å². The smallest absolute Gasteiger partial charge is 0.307 e. The standard InChI is InChI=1S/C8H17NO4/c1-7(6-8(10)12-3)9-13-5-4-11-2/h7,9H,4-6H2,1-3H3. The highest BCUT2D eigenvalue weighted by atomic mass is 16.7. The van der Waals surface area contributed by atoms with Crippen molar-refractivity contribution in [2.75, 3.05) is 27.4 Å². The number of esters is 1. The van der Waals surface area contributed by atoms with Crippen LogP contribution in [-0.4, -0.2) is 39.4 Å². The Balaban J connectivity index is 3.29. The predicted molar refractivity (Wildman–Crippen MR) is 47.1 cm³/mol. The average Bonchev–Trinajstić information content (AvgIpc) is 2.12. The second-order valence-corrected chi connectivity index (χ2v) is 2.64. The van der Waals surface area contributed by atoms with E-state index in [0.717, 1.165) is 0 Å². The largest absolute Gasteiger partial charge is 0.469 e. The third kappa shape index (κ3) is 7.70. The molecule has 78 valence electrons. The molecule has 0 aromatic heterocycles. The van der Waals surface area contributed by atoms with Crippen LogP contribution in [0.5, 0.6) is 0 Å². The third-order valence-electron chi connectivity index (χ3n) is 1.37. The van der Waals surface area contributed by atoms with Crippen LogP contribution in [0.25, 0.3) is 0 Å². The van der Waals surface area contributed by atoms with Crippen LogP contribution in [0.1, 0.15) is 13.3 Å². The fraction of sp³-hybridized carbons (Fsp3) is 0.875. The summed E-state index contributed by atoms with van der Waals surface area (Å²) in [7, 11) is 2.96. The Morgan fingerprint density at radius 2 is 2.08 bits per heavy atom. The molecule has 13 heavy (non-hydrogen) atoms. The van der Waals surface area contributed by atoms with Crippen molar-refractivity contribution in [1.29, 1.82) is 0 Å². The zero-order valence-corrected chi connectivity index (χ0v) is 8.33. The Kier molecular flexibility index (Phi) is 7.57. The maximum absolute atomic E-state index is 10.8. The van der Waals surface area contributed by atoms with Gasteiger partial charge in [0.05, 0.1) is 26.7 Å². The molecule has 0 amide bonds. The summed E-state index contributed by atoms with van der Waals surface area (Å²) >= 11 is 0. The maximum Gasteiger partial charge on any atom is 0.307 e. The van der Waals surface area contributed by atoms with E-state index in [1.54, 1.807) is 7.11 Å². The van der Waals surface area contributed by atoms with Crippen LogP contribution in [0.2, 0.25) is 0 Å². The second-order valence-electron chi connectivity index (χ2n) is 2.64. The number of rotatable bonds is 7. The molecule has 0 aliphatic heterocycles. The first kappa shape index (κ1) is 12.3. The lowest BCUT2D eigenvalue weighted by molar-refractivity contribution is -0.142. The highest BCUT2D eigenvalue weighted by Gasteiger charge is 2.07. The Morgan fingerprint density at radius 3 is 2.62 bits per heavy atom. The van der Waals surface area contributed by atoms with Crippen LogP contribution in [0.3, 0.4) is 0 Å². The Labute approximate surface area is 78.3 Å². The third-order valence-corrected chi connectivity index (χ3v) is 1.37. The summed E-state index contributed by atoms with van der Waals surface area (Å²) in [5.41, 5.74) is 2.70. The second kappa shape index (κ2) is 7.97. The van der Waals surface area contributed by atoms with Gasteiger partial charge in [-0.3, -0.25) is 9.63 Å². The molecule has 1 N–H and O–H groups in total. The molecule has 0 saturated carbocycles.